The molecule has 0 aliphatic heterocycles. The van der Waals surface area contributed by atoms with E-state index in [0.29, 0.717) is 10.8 Å². The van der Waals surface area contributed by atoms with Crippen LogP contribution in [-0.4, -0.2) is 11.5 Å². The summed E-state index contributed by atoms with van der Waals surface area (Å²) in [5, 5.41) is 11.9. The Hall–Kier alpha value is -1.00. The van der Waals surface area contributed by atoms with Crippen LogP contribution in [0.2, 0.25) is 5.02 Å². The first-order valence-corrected chi connectivity index (χ1v) is 4.28. The Balaban J connectivity index is 3.29. The van der Waals surface area contributed by atoms with Gasteiger partial charge in [0.2, 0.25) is 0 Å². The van der Waals surface area contributed by atoms with Gasteiger partial charge < -0.3 is 15.3 Å². The Morgan fingerprint density at radius 3 is 2.77 bits per heavy atom. The maximum atomic E-state index is 11.3. The number of nitrogens with zero attached hydrogens (tertiary/aromatic N) is 1. The van der Waals surface area contributed by atoms with Gasteiger partial charge in [-0.1, -0.05) is 11.6 Å². The predicted octanol–water partition coefficient (Wildman–Crippen LogP) is 1.66. The van der Waals surface area contributed by atoms with E-state index in [-0.39, 0.29) is 17.3 Å². The zero-order valence-electron chi connectivity index (χ0n) is 7.43. The van der Waals surface area contributed by atoms with Crippen molar-refractivity contribution in [2.75, 3.05) is 11.6 Å². The summed E-state index contributed by atoms with van der Waals surface area (Å²) in [7, 11) is 0. The van der Waals surface area contributed by atoms with E-state index in [2.05, 4.69) is 4.98 Å². The molecule has 0 unspecified atom stereocenters. The number of anilines is 1. The van der Waals surface area contributed by atoms with Crippen molar-refractivity contribution in [1.29, 1.82) is 0 Å². The molecule has 1 N–H and O–H groups in total. The molecule has 1 aromatic rings. The number of aromatic nitrogens is 1. The summed E-state index contributed by atoms with van der Waals surface area (Å²) >= 11 is 5.75. The SMILES string of the molecule is CCN([O-])c1c(Cl)cc(C)[nH]c1=O. The number of nitrogens with one attached hydrogen (secondary N) is 1. The smallest absolute Gasteiger partial charge is 0.272 e. The molecule has 0 aliphatic carbocycles. The summed E-state index contributed by atoms with van der Waals surface area (Å²) < 4.78 is 0. The lowest BCUT2D eigenvalue weighted by molar-refractivity contribution is 0.992. The van der Waals surface area contributed by atoms with Gasteiger partial charge in [-0.05, 0) is 19.9 Å². The number of hydroxylamine groups is 1. The summed E-state index contributed by atoms with van der Waals surface area (Å²) in [6.45, 7) is 3.56. The van der Waals surface area contributed by atoms with E-state index in [9.17, 15) is 10.0 Å². The quantitative estimate of drug-likeness (QED) is 0.741. The Morgan fingerprint density at radius 2 is 2.31 bits per heavy atom. The minimum absolute atomic E-state index is 0.0187. The molecule has 0 spiro atoms. The summed E-state index contributed by atoms with van der Waals surface area (Å²) in [6, 6.07) is 1.55. The topological polar surface area (TPSA) is 59.2 Å². The minimum atomic E-state index is -0.443. The van der Waals surface area contributed by atoms with Crippen LogP contribution < -0.4 is 10.6 Å². The normalized spacial score (nSPS) is 10.2. The molecule has 0 atom stereocenters. The van der Waals surface area contributed by atoms with Gasteiger partial charge in [0.05, 0.1) is 5.02 Å². The van der Waals surface area contributed by atoms with Crippen LogP contribution in [0.4, 0.5) is 5.69 Å². The Labute approximate surface area is 80.7 Å². The average molecular weight is 202 g/mol. The molecule has 0 radical (unpaired) electrons. The average Bonchev–Trinajstić information content (AvgIpc) is 2.02. The van der Waals surface area contributed by atoms with Crippen molar-refractivity contribution in [3.8, 4) is 0 Å². The van der Waals surface area contributed by atoms with Crippen LogP contribution in [0.5, 0.6) is 0 Å². The van der Waals surface area contributed by atoms with Gasteiger partial charge in [0, 0.05) is 12.2 Å². The molecular formula is C8H10ClN2O2-. The Bertz CT molecular complexity index is 362. The zero-order chi connectivity index (χ0) is 10.0. The monoisotopic (exact) mass is 201 g/mol. The van der Waals surface area contributed by atoms with Crippen molar-refractivity contribution >= 4 is 17.3 Å². The first-order valence-electron chi connectivity index (χ1n) is 3.90. The van der Waals surface area contributed by atoms with E-state index in [4.69, 9.17) is 11.6 Å². The van der Waals surface area contributed by atoms with Crippen molar-refractivity contribution in [1.82, 2.24) is 4.98 Å². The van der Waals surface area contributed by atoms with Gasteiger partial charge >= 0.3 is 0 Å². The van der Waals surface area contributed by atoms with Crippen LogP contribution in [0.15, 0.2) is 10.9 Å². The molecule has 0 bridgehead atoms. The van der Waals surface area contributed by atoms with Crippen molar-refractivity contribution in [2.24, 2.45) is 0 Å². The van der Waals surface area contributed by atoms with E-state index in [1.165, 1.54) is 0 Å². The molecule has 72 valence electrons. The van der Waals surface area contributed by atoms with Crippen molar-refractivity contribution in [3.05, 3.63) is 32.3 Å². The Kier molecular flexibility index (Phi) is 2.95. The van der Waals surface area contributed by atoms with Crippen LogP contribution in [0, 0.1) is 12.1 Å². The van der Waals surface area contributed by atoms with Gasteiger partial charge in [-0.2, -0.15) is 0 Å². The number of hydrogen-bond donors (Lipinski definition) is 1. The highest BCUT2D eigenvalue weighted by Crippen LogP contribution is 2.20. The third-order valence-corrected chi connectivity index (χ3v) is 1.92. The van der Waals surface area contributed by atoms with E-state index in [1.54, 1.807) is 19.9 Å². The fourth-order valence-electron chi connectivity index (χ4n) is 1.03. The third kappa shape index (κ3) is 2.02. The van der Waals surface area contributed by atoms with Gasteiger partial charge in [0.25, 0.3) is 5.56 Å². The highest BCUT2D eigenvalue weighted by atomic mass is 35.5. The molecule has 0 saturated heterocycles. The van der Waals surface area contributed by atoms with Crippen molar-refractivity contribution in [3.63, 3.8) is 0 Å². The predicted molar refractivity (Wildman–Crippen MR) is 53.2 cm³/mol. The fourth-order valence-corrected chi connectivity index (χ4v) is 1.38. The molecule has 0 aromatic carbocycles. The second-order valence-corrected chi connectivity index (χ2v) is 3.08. The molecular weight excluding hydrogens is 192 g/mol. The first-order chi connectivity index (χ1) is 6.06. The molecule has 1 rings (SSSR count). The maximum absolute atomic E-state index is 11.3. The van der Waals surface area contributed by atoms with E-state index >= 15 is 0 Å². The number of halogens is 1. The van der Waals surface area contributed by atoms with Gasteiger partial charge in [-0.25, -0.2) is 0 Å². The minimum Gasteiger partial charge on any atom is -0.758 e. The number of H-pyrrole nitrogens is 1. The molecule has 13 heavy (non-hydrogen) atoms. The number of rotatable bonds is 2. The molecule has 4 nitrogen and oxygen atoms in total. The van der Waals surface area contributed by atoms with Crippen LogP contribution in [0.1, 0.15) is 12.6 Å². The summed E-state index contributed by atoms with van der Waals surface area (Å²) in [6.07, 6.45) is 0. The third-order valence-electron chi connectivity index (χ3n) is 1.63. The van der Waals surface area contributed by atoms with Gasteiger partial charge in [-0.15, -0.1) is 0 Å². The van der Waals surface area contributed by atoms with Crippen molar-refractivity contribution in [2.45, 2.75) is 13.8 Å². The summed E-state index contributed by atoms with van der Waals surface area (Å²) in [4.78, 5) is 13.8. The second-order valence-electron chi connectivity index (χ2n) is 2.67. The lowest BCUT2D eigenvalue weighted by Crippen LogP contribution is -2.23. The summed E-state index contributed by atoms with van der Waals surface area (Å²) in [5.41, 5.74) is 0.180. The van der Waals surface area contributed by atoms with Crippen molar-refractivity contribution < 1.29 is 0 Å². The summed E-state index contributed by atoms with van der Waals surface area (Å²) in [5.74, 6) is 0. The number of hydrogen-bond acceptors (Lipinski definition) is 3. The first kappa shape index (κ1) is 10.1. The van der Waals surface area contributed by atoms with Gasteiger partial charge in [-0.3, -0.25) is 4.79 Å². The van der Waals surface area contributed by atoms with Crippen LogP contribution >= 0.6 is 11.6 Å². The zero-order valence-corrected chi connectivity index (χ0v) is 8.18. The van der Waals surface area contributed by atoms with Crippen LogP contribution in [0.25, 0.3) is 0 Å². The second kappa shape index (κ2) is 3.81. The van der Waals surface area contributed by atoms with Crippen LogP contribution in [-0.2, 0) is 0 Å². The highest BCUT2D eigenvalue weighted by molar-refractivity contribution is 6.33. The molecule has 0 saturated carbocycles. The number of aromatic amines is 1. The molecule has 0 fully saturated rings. The standard InChI is InChI=1S/C8H10ClN2O2/c1-3-11(13)7-6(9)4-5(2)10-8(7)12/h4H,3H2,1-2H3,(H,10,12)/q-1. The lowest BCUT2D eigenvalue weighted by atomic mass is 10.3. The van der Waals surface area contributed by atoms with E-state index < -0.39 is 5.56 Å². The Morgan fingerprint density at radius 1 is 1.69 bits per heavy atom. The highest BCUT2D eigenvalue weighted by Gasteiger charge is 2.06. The maximum Gasteiger partial charge on any atom is 0.272 e. The van der Waals surface area contributed by atoms with E-state index in [1.807, 2.05) is 0 Å². The molecule has 1 heterocycles. The molecule has 0 aliphatic rings. The van der Waals surface area contributed by atoms with Gasteiger partial charge in [0.15, 0.2) is 0 Å². The van der Waals surface area contributed by atoms with Gasteiger partial charge in [0.1, 0.15) is 5.69 Å². The van der Waals surface area contributed by atoms with E-state index in [0.717, 1.165) is 0 Å². The number of pyridine rings is 1. The molecule has 5 heteroatoms. The number of aryl methyl sites for hydroxylation is 1. The largest absolute Gasteiger partial charge is 0.758 e. The molecule has 0 amide bonds. The molecule has 1 aromatic heterocycles. The fraction of sp³-hybridized carbons (Fsp3) is 0.375. The van der Waals surface area contributed by atoms with Crippen LogP contribution in [0.3, 0.4) is 0 Å². The lowest BCUT2D eigenvalue weighted by Gasteiger charge is -2.28.